The van der Waals surface area contributed by atoms with Crippen LogP contribution < -0.4 is 4.90 Å². The summed E-state index contributed by atoms with van der Waals surface area (Å²) >= 11 is 0. The molecule has 0 aliphatic carbocycles. The molecule has 9 rings (SSSR count). The standard InChI is InChI=1S/C52H41NO/c1-52(2,3)43-28-22-39(23-29-43)38-18-20-42(21-19-38)46-34-35-49-50(47-16-10-11-17-48(47)54-49)51(46)53(44-30-24-40(25-31-44)36-12-6-4-7-13-36)45-32-26-41(27-33-45)37-14-8-5-9-15-37/h4-35H,1-3H3. The summed E-state index contributed by atoms with van der Waals surface area (Å²) in [7, 11) is 0. The molecular formula is C52H41NO. The average Bonchev–Trinajstić information content (AvgIpc) is 3.61. The quantitative estimate of drug-likeness (QED) is 0.165. The van der Waals surface area contributed by atoms with Gasteiger partial charge in [0, 0.05) is 22.3 Å². The molecule has 0 aliphatic rings. The van der Waals surface area contributed by atoms with Crippen molar-refractivity contribution in [3.05, 3.63) is 200 Å². The lowest BCUT2D eigenvalue weighted by Crippen LogP contribution is -2.12. The molecule has 0 radical (unpaired) electrons. The molecule has 0 atom stereocenters. The predicted molar refractivity (Wildman–Crippen MR) is 229 cm³/mol. The first-order valence-corrected chi connectivity index (χ1v) is 18.7. The van der Waals surface area contributed by atoms with Crippen LogP contribution in [0.5, 0.6) is 0 Å². The Morgan fingerprint density at radius 3 is 1.31 bits per heavy atom. The highest BCUT2D eigenvalue weighted by molar-refractivity contribution is 6.17. The fraction of sp³-hybridized carbons (Fsp3) is 0.0769. The molecule has 1 heterocycles. The molecule has 0 fully saturated rings. The third-order valence-electron chi connectivity index (χ3n) is 10.5. The second-order valence-electron chi connectivity index (χ2n) is 15.0. The Kier molecular flexibility index (Phi) is 8.44. The highest BCUT2D eigenvalue weighted by Crippen LogP contribution is 2.48. The van der Waals surface area contributed by atoms with Gasteiger partial charge in [0.15, 0.2) is 0 Å². The lowest BCUT2D eigenvalue weighted by Gasteiger charge is -2.29. The van der Waals surface area contributed by atoms with Crippen LogP contribution in [0, 0.1) is 0 Å². The van der Waals surface area contributed by atoms with Crippen molar-refractivity contribution < 1.29 is 4.42 Å². The van der Waals surface area contributed by atoms with Gasteiger partial charge >= 0.3 is 0 Å². The van der Waals surface area contributed by atoms with Crippen LogP contribution in [0.2, 0.25) is 0 Å². The summed E-state index contributed by atoms with van der Waals surface area (Å²) in [6.07, 6.45) is 0. The largest absolute Gasteiger partial charge is 0.456 e. The summed E-state index contributed by atoms with van der Waals surface area (Å²) in [5, 5.41) is 2.18. The highest BCUT2D eigenvalue weighted by atomic mass is 16.3. The molecule has 8 aromatic carbocycles. The first-order chi connectivity index (χ1) is 26.4. The molecule has 0 saturated heterocycles. The van der Waals surface area contributed by atoms with E-state index < -0.39 is 0 Å². The van der Waals surface area contributed by atoms with Crippen molar-refractivity contribution in [3.8, 4) is 44.5 Å². The van der Waals surface area contributed by atoms with E-state index in [1.54, 1.807) is 0 Å². The number of nitrogens with zero attached hydrogens (tertiary/aromatic N) is 1. The number of rotatable bonds is 7. The maximum atomic E-state index is 6.54. The van der Waals surface area contributed by atoms with Gasteiger partial charge in [-0.3, -0.25) is 0 Å². The second-order valence-corrected chi connectivity index (χ2v) is 15.0. The van der Waals surface area contributed by atoms with E-state index in [9.17, 15) is 0 Å². The summed E-state index contributed by atoms with van der Waals surface area (Å²) in [6, 6.07) is 69.7. The molecule has 0 aliphatic heterocycles. The number of hydrogen-bond acceptors (Lipinski definition) is 2. The maximum absolute atomic E-state index is 6.54. The number of hydrogen-bond donors (Lipinski definition) is 0. The van der Waals surface area contributed by atoms with Crippen LogP contribution in [0.25, 0.3) is 66.4 Å². The van der Waals surface area contributed by atoms with E-state index in [0.717, 1.165) is 50.1 Å². The van der Waals surface area contributed by atoms with Gasteiger partial charge in [-0.1, -0.05) is 172 Å². The summed E-state index contributed by atoms with van der Waals surface area (Å²) in [5.41, 5.74) is 15.8. The number of benzene rings is 8. The third-order valence-corrected chi connectivity index (χ3v) is 10.5. The zero-order valence-electron chi connectivity index (χ0n) is 30.8. The molecule has 2 heteroatoms. The number of fused-ring (bicyclic) bond motifs is 3. The molecule has 260 valence electrons. The first-order valence-electron chi connectivity index (χ1n) is 18.7. The van der Waals surface area contributed by atoms with Gasteiger partial charge in [-0.15, -0.1) is 0 Å². The summed E-state index contributed by atoms with van der Waals surface area (Å²) in [6.45, 7) is 6.77. The van der Waals surface area contributed by atoms with E-state index >= 15 is 0 Å². The van der Waals surface area contributed by atoms with Gasteiger partial charge < -0.3 is 9.32 Å². The minimum Gasteiger partial charge on any atom is -0.456 e. The summed E-state index contributed by atoms with van der Waals surface area (Å²) in [5.74, 6) is 0. The van der Waals surface area contributed by atoms with Crippen LogP contribution in [0.3, 0.4) is 0 Å². The van der Waals surface area contributed by atoms with Crippen molar-refractivity contribution >= 4 is 39.0 Å². The molecule has 2 nitrogen and oxygen atoms in total. The van der Waals surface area contributed by atoms with Crippen LogP contribution in [0.15, 0.2) is 199 Å². The van der Waals surface area contributed by atoms with Crippen LogP contribution in [-0.4, -0.2) is 0 Å². The van der Waals surface area contributed by atoms with Crippen molar-refractivity contribution in [2.75, 3.05) is 4.90 Å². The molecular weight excluding hydrogens is 655 g/mol. The Hall–Kier alpha value is -6.64. The molecule has 1 aromatic heterocycles. The van der Waals surface area contributed by atoms with Crippen LogP contribution in [0.4, 0.5) is 17.1 Å². The monoisotopic (exact) mass is 695 g/mol. The molecule has 0 amide bonds. The zero-order chi connectivity index (χ0) is 36.6. The van der Waals surface area contributed by atoms with E-state index in [0.29, 0.717) is 0 Å². The van der Waals surface area contributed by atoms with Crippen LogP contribution in [0.1, 0.15) is 26.3 Å². The molecule has 0 saturated carbocycles. The van der Waals surface area contributed by atoms with E-state index in [2.05, 4.69) is 214 Å². The van der Waals surface area contributed by atoms with Gasteiger partial charge in [-0.05, 0) is 92.4 Å². The highest BCUT2D eigenvalue weighted by Gasteiger charge is 2.24. The lowest BCUT2D eigenvalue weighted by molar-refractivity contribution is 0.590. The molecule has 0 spiro atoms. The fourth-order valence-electron chi connectivity index (χ4n) is 7.54. The maximum Gasteiger partial charge on any atom is 0.137 e. The molecule has 54 heavy (non-hydrogen) atoms. The molecule has 0 N–H and O–H groups in total. The minimum absolute atomic E-state index is 0.115. The smallest absolute Gasteiger partial charge is 0.137 e. The van der Waals surface area contributed by atoms with Crippen LogP contribution in [-0.2, 0) is 5.41 Å². The van der Waals surface area contributed by atoms with E-state index in [-0.39, 0.29) is 5.41 Å². The second kappa shape index (κ2) is 13.7. The number of furan rings is 1. The molecule has 9 aromatic rings. The molecule has 0 unspecified atom stereocenters. The Bertz CT molecular complexity index is 2600. The lowest BCUT2D eigenvalue weighted by atomic mass is 9.86. The fourth-order valence-corrected chi connectivity index (χ4v) is 7.54. The third kappa shape index (κ3) is 6.27. The van der Waals surface area contributed by atoms with Crippen molar-refractivity contribution in [1.29, 1.82) is 0 Å². The SMILES string of the molecule is CC(C)(C)c1ccc(-c2ccc(-c3ccc4oc5ccccc5c4c3N(c3ccc(-c4ccccc4)cc3)c3ccc(-c4ccccc4)cc3)cc2)cc1. The number of anilines is 3. The Morgan fingerprint density at radius 2 is 0.796 bits per heavy atom. The normalized spacial score (nSPS) is 11.6. The van der Waals surface area contributed by atoms with E-state index in [1.807, 2.05) is 6.07 Å². The van der Waals surface area contributed by atoms with Gasteiger partial charge in [0.05, 0.1) is 11.1 Å². The first kappa shape index (κ1) is 33.2. The Balaban J connectivity index is 1.24. The van der Waals surface area contributed by atoms with Gasteiger partial charge in [0.1, 0.15) is 11.2 Å². The minimum atomic E-state index is 0.115. The average molecular weight is 696 g/mol. The van der Waals surface area contributed by atoms with Crippen molar-refractivity contribution in [2.24, 2.45) is 0 Å². The van der Waals surface area contributed by atoms with Gasteiger partial charge in [0.25, 0.3) is 0 Å². The van der Waals surface area contributed by atoms with Crippen molar-refractivity contribution in [1.82, 2.24) is 0 Å². The summed E-state index contributed by atoms with van der Waals surface area (Å²) < 4.78 is 6.54. The number of para-hydroxylation sites is 1. The Labute approximate surface area is 317 Å². The predicted octanol–water partition coefficient (Wildman–Crippen LogP) is 15.0. The van der Waals surface area contributed by atoms with Gasteiger partial charge in [-0.2, -0.15) is 0 Å². The topological polar surface area (TPSA) is 16.4 Å². The van der Waals surface area contributed by atoms with Crippen molar-refractivity contribution in [2.45, 2.75) is 26.2 Å². The van der Waals surface area contributed by atoms with Crippen LogP contribution >= 0.6 is 0 Å². The van der Waals surface area contributed by atoms with E-state index in [4.69, 9.17) is 4.42 Å². The Morgan fingerprint density at radius 1 is 0.370 bits per heavy atom. The van der Waals surface area contributed by atoms with Crippen molar-refractivity contribution in [3.63, 3.8) is 0 Å². The summed E-state index contributed by atoms with van der Waals surface area (Å²) in [4.78, 5) is 2.41. The van der Waals surface area contributed by atoms with E-state index in [1.165, 1.54) is 38.9 Å². The van der Waals surface area contributed by atoms with Gasteiger partial charge in [-0.25, -0.2) is 0 Å². The van der Waals surface area contributed by atoms with Gasteiger partial charge in [0.2, 0.25) is 0 Å². The molecule has 0 bridgehead atoms. The zero-order valence-corrected chi connectivity index (χ0v) is 30.8.